The van der Waals surface area contributed by atoms with Crippen molar-refractivity contribution in [2.24, 2.45) is 0 Å². The smallest absolute Gasteiger partial charge is 0.189 e. The van der Waals surface area contributed by atoms with Crippen molar-refractivity contribution in [3.8, 4) is 0 Å². The van der Waals surface area contributed by atoms with Crippen molar-refractivity contribution in [2.75, 3.05) is 23.1 Å². The molecule has 1 aromatic heterocycles. The Kier molecular flexibility index (Phi) is 4.85. The van der Waals surface area contributed by atoms with Gasteiger partial charge in [-0.1, -0.05) is 22.9 Å². The van der Waals surface area contributed by atoms with Crippen LogP contribution in [0, 0.1) is 0 Å². The van der Waals surface area contributed by atoms with Gasteiger partial charge in [0.05, 0.1) is 5.56 Å². The average Bonchev–Trinajstić information content (AvgIpc) is 2.41. The average molecular weight is 285 g/mol. The molecule has 0 atom stereocenters. The topological polar surface area (TPSA) is 77.9 Å². The van der Waals surface area contributed by atoms with Crippen LogP contribution in [0.3, 0.4) is 0 Å². The highest BCUT2D eigenvalue weighted by Crippen LogP contribution is 2.20. The van der Waals surface area contributed by atoms with E-state index < -0.39 is 11.2 Å². The SMILES string of the molecule is CSc1ncc(C=O)c(NC2CC[S+]([O-])CC2)n1. The molecule has 1 aliphatic rings. The van der Waals surface area contributed by atoms with Crippen molar-refractivity contribution >= 4 is 35.0 Å². The predicted octanol–water partition coefficient (Wildman–Crippen LogP) is 1.33. The highest BCUT2D eigenvalue weighted by atomic mass is 32.2. The van der Waals surface area contributed by atoms with Crippen LogP contribution in [0.2, 0.25) is 0 Å². The lowest BCUT2D eigenvalue weighted by atomic mass is 10.1. The molecule has 18 heavy (non-hydrogen) atoms. The van der Waals surface area contributed by atoms with Gasteiger partial charge in [-0.3, -0.25) is 4.79 Å². The summed E-state index contributed by atoms with van der Waals surface area (Å²) in [5.74, 6) is 2.02. The van der Waals surface area contributed by atoms with Crippen molar-refractivity contribution < 1.29 is 9.35 Å². The second-order valence-corrected chi connectivity index (χ2v) is 6.51. The number of thioether (sulfide) groups is 1. The Morgan fingerprint density at radius 2 is 2.28 bits per heavy atom. The molecule has 1 fully saturated rings. The molecular formula is C11H15N3O2S2. The molecule has 0 radical (unpaired) electrons. The zero-order chi connectivity index (χ0) is 13.0. The number of rotatable bonds is 4. The van der Waals surface area contributed by atoms with E-state index in [2.05, 4.69) is 15.3 Å². The molecule has 1 aliphatic heterocycles. The number of carbonyl (C=O) groups excluding carboxylic acids is 1. The molecule has 1 saturated heterocycles. The quantitative estimate of drug-likeness (QED) is 0.389. The number of carbonyl (C=O) groups is 1. The van der Waals surface area contributed by atoms with Crippen LogP contribution < -0.4 is 5.32 Å². The molecular weight excluding hydrogens is 270 g/mol. The second-order valence-electron chi connectivity index (χ2n) is 4.05. The van der Waals surface area contributed by atoms with Crippen molar-refractivity contribution in [3.05, 3.63) is 11.8 Å². The molecule has 1 N–H and O–H groups in total. The third kappa shape index (κ3) is 3.37. The summed E-state index contributed by atoms with van der Waals surface area (Å²) in [6.07, 6.45) is 5.89. The van der Waals surface area contributed by atoms with Crippen molar-refractivity contribution in [1.82, 2.24) is 9.97 Å². The fourth-order valence-corrected chi connectivity index (χ4v) is 3.45. The largest absolute Gasteiger partial charge is 0.616 e. The Balaban J connectivity index is 2.09. The van der Waals surface area contributed by atoms with Gasteiger partial charge in [-0.15, -0.1) is 0 Å². The number of aromatic nitrogens is 2. The summed E-state index contributed by atoms with van der Waals surface area (Å²) in [7, 11) is 0. The molecule has 0 saturated carbocycles. The highest BCUT2D eigenvalue weighted by Gasteiger charge is 2.22. The Morgan fingerprint density at radius 3 is 2.89 bits per heavy atom. The van der Waals surface area contributed by atoms with Gasteiger partial charge in [-0.25, -0.2) is 9.97 Å². The third-order valence-corrected chi connectivity index (χ3v) is 4.78. The van der Waals surface area contributed by atoms with Crippen LogP contribution in [0.25, 0.3) is 0 Å². The molecule has 7 heteroatoms. The maximum Gasteiger partial charge on any atom is 0.189 e. The number of hydrogen-bond acceptors (Lipinski definition) is 6. The summed E-state index contributed by atoms with van der Waals surface area (Å²) in [4.78, 5) is 19.3. The van der Waals surface area contributed by atoms with Crippen LogP contribution in [-0.4, -0.2) is 44.6 Å². The van der Waals surface area contributed by atoms with Crippen molar-refractivity contribution in [2.45, 2.75) is 24.0 Å². The number of anilines is 1. The highest BCUT2D eigenvalue weighted by molar-refractivity contribution is 7.98. The Labute approximate surface area is 113 Å². The van der Waals surface area contributed by atoms with Crippen LogP contribution >= 0.6 is 11.8 Å². The number of hydrogen-bond donors (Lipinski definition) is 1. The summed E-state index contributed by atoms with van der Waals surface area (Å²) in [5.41, 5.74) is 0.472. The van der Waals surface area contributed by atoms with Crippen LogP contribution in [0.4, 0.5) is 5.82 Å². The van der Waals surface area contributed by atoms with E-state index in [-0.39, 0.29) is 6.04 Å². The zero-order valence-electron chi connectivity index (χ0n) is 10.1. The molecule has 2 rings (SSSR count). The molecule has 0 spiro atoms. The van der Waals surface area contributed by atoms with Gasteiger partial charge in [0.15, 0.2) is 11.4 Å². The van der Waals surface area contributed by atoms with E-state index in [1.54, 1.807) is 0 Å². The maximum atomic E-state index is 11.3. The van der Waals surface area contributed by atoms with Gasteiger partial charge in [0.25, 0.3) is 0 Å². The van der Waals surface area contributed by atoms with Crippen molar-refractivity contribution in [3.63, 3.8) is 0 Å². The first-order valence-electron chi connectivity index (χ1n) is 5.70. The minimum atomic E-state index is -0.678. The minimum Gasteiger partial charge on any atom is -0.616 e. The van der Waals surface area contributed by atoms with Gasteiger partial charge in [0, 0.05) is 25.1 Å². The Hall–Kier alpha value is -0.790. The fourth-order valence-electron chi connectivity index (χ4n) is 1.81. The van der Waals surface area contributed by atoms with Gasteiger partial charge in [-0.05, 0) is 6.26 Å². The molecule has 2 heterocycles. The van der Waals surface area contributed by atoms with E-state index in [9.17, 15) is 9.35 Å². The molecule has 5 nitrogen and oxygen atoms in total. The fraction of sp³-hybridized carbons (Fsp3) is 0.545. The number of aldehydes is 1. The van der Waals surface area contributed by atoms with E-state index in [0.717, 1.165) is 19.1 Å². The first-order valence-corrected chi connectivity index (χ1v) is 8.42. The summed E-state index contributed by atoms with van der Waals surface area (Å²) >= 11 is 0.759. The monoisotopic (exact) mass is 285 g/mol. The third-order valence-electron chi connectivity index (χ3n) is 2.83. The number of nitrogens with one attached hydrogen (secondary N) is 1. The lowest BCUT2D eigenvalue weighted by molar-refractivity contribution is 0.112. The molecule has 1 aromatic rings. The summed E-state index contributed by atoms with van der Waals surface area (Å²) in [6, 6.07) is 0.242. The summed E-state index contributed by atoms with van der Waals surface area (Å²) in [5, 5.41) is 3.91. The lowest BCUT2D eigenvalue weighted by Gasteiger charge is -2.25. The Bertz CT molecular complexity index is 423. The molecule has 0 aromatic carbocycles. The molecule has 0 bridgehead atoms. The van der Waals surface area contributed by atoms with Crippen LogP contribution in [0.15, 0.2) is 11.4 Å². The van der Waals surface area contributed by atoms with Crippen LogP contribution in [0.1, 0.15) is 23.2 Å². The van der Waals surface area contributed by atoms with Gasteiger partial charge >= 0.3 is 0 Å². The lowest BCUT2D eigenvalue weighted by Crippen LogP contribution is -2.32. The van der Waals surface area contributed by atoms with E-state index in [0.29, 0.717) is 28.0 Å². The van der Waals surface area contributed by atoms with E-state index >= 15 is 0 Å². The van der Waals surface area contributed by atoms with Crippen LogP contribution in [0.5, 0.6) is 0 Å². The molecule has 0 aliphatic carbocycles. The van der Waals surface area contributed by atoms with Gasteiger partial charge in [-0.2, -0.15) is 0 Å². The second kappa shape index (κ2) is 6.40. The number of nitrogens with zero attached hydrogens (tertiary/aromatic N) is 2. The van der Waals surface area contributed by atoms with E-state index in [4.69, 9.17) is 0 Å². The maximum absolute atomic E-state index is 11.3. The minimum absolute atomic E-state index is 0.242. The van der Waals surface area contributed by atoms with E-state index in [1.807, 2.05) is 6.26 Å². The summed E-state index contributed by atoms with van der Waals surface area (Å²) in [6.45, 7) is 0. The standard InChI is InChI=1S/C11H15N3O2S2/c1-17-11-12-6-8(7-15)10(14-11)13-9-2-4-18(16)5-3-9/h6-7,9H,2-5H2,1H3,(H,12,13,14). The predicted molar refractivity (Wildman–Crippen MR) is 73.7 cm³/mol. The van der Waals surface area contributed by atoms with Gasteiger partial charge in [0.1, 0.15) is 17.3 Å². The first-order chi connectivity index (χ1) is 8.72. The van der Waals surface area contributed by atoms with Gasteiger partial charge < -0.3 is 9.87 Å². The summed E-state index contributed by atoms with van der Waals surface area (Å²) < 4.78 is 11.3. The molecule has 0 unspecified atom stereocenters. The van der Waals surface area contributed by atoms with E-state index in [1.165, 1.54) is 18.0 Å². The zero-order valence-corrected chi connectivity index (χ0v) is 11.7. The normalized spacial score (nSPS) is 23.7. The Morgan fingerprint density at radius 1 is 1.56 bits per heavy atom. The molecule has 98 valence electrons. The first kappa shape index (κ1) is 13.6. The van der Waals surface area contributed by atoms with Gasteiger partial charge in [0.2, 0.25) is 0 Å². The van der Waals surface area contributed by atoms with Crippen molar-refractivity contribution in [1.29, 1.82) is 0 Å². The van der Waals surface area contributed by atoms with Crippen LogP contribution in [-0.2, 0) is 11.2 Å². The molecule has 0 amide bonds.